The SMILES string of the molecule is CCC12CCCN1C(=O)CC2. The summed E-state index contributed by atoms with van der Waals surface area (Å²) < 4.78 is 0. The zero-order valence-corrected chi connectivity index (χ0v) is 7.10. The Morgan fingerprint density at radius 1 is 1.55 bits per heavy atom. The molecule has 1 atom stereocenters. The van der Waals surface area contributed by atoms with E-state index >= 15 is 0 Å². The summed E-state index contributed by atoms with van der Waals surface area (Å²) in [5.41, 5.74) is 0.303. The van der Waals surface area contributed by atoms with Crippen LogP contribution in [0.1, 0.15) is 39.0 Å². The highest BCUT2D eigenvalue weighted by atomic mass is 16.2. The fraction of sp³-hybridized carbons (Fsp3) is 0.889. The lowest BCUT2D eigenvalue weighted by Crippen LogP contribution is -2.39. The second kappa shape index (κ2) is 2.23. The highest BCUT2D eigenvalue weighted by molar-refractivity contribution is 5.80. The van der Waals surface area contributed by atoms with Gasteiger partial charge in [-0.2, -0.15) is 0 Å². The van der Waals surface area contributed by atoms with Gasteiger partial charge in [0.1, 0.15) is 0 Å². The Morgan fingerprint density at radius 2 is 2.36 bits per heavy atom. The molecular formula is C9H15NO. The molecule has 0 aliphatic carbocycles. The summed E-state index contributed by atoms with van der Waals surface area (Å²) in [6.07, 6.45) is 5.53. The fourth-order valence-electron chi connectivity index (χ4n) is 2.61. The van der Waals surface area contributed by atoms with E-state index in [0.29, 0.717) is 11.4 Å². The molecule has 11 heavy (non-hydrogen) atoms. The standard InChI is InChI=1S/C9H15NO/c1-2-9-5-3-7-10(9)8(11)4-6-9/h2-7H2,1H3. The van der Waals surface area contributed by atoms with E-state index in [1.54, 1.807) is 0 Å². The Bertz CT molecular complexity index is 190. The summed E-state index contributed by atoms with van der Waals surface area (Å²) in [6.45, 7) is 3.23. The maximum Gasteiger partial charge on any atom is 0.223 e. The molecule has 2 rings (SSSR count). The second-order valence-corrected chi connectivity index (χ2v) is 3.73. The molecule has 2 heteroatoms. The minimum absolute atomic E-state index is 0.303. The van der Waals surface area contributed by atoms with Crippen molar-refractivity contribution in [2.24, 2.45) is 0 Å². The summed E-state index contributed by atoms with van der Waals surface area (Å²) in [4.78, 5) is 13.5. The third kappa shape index (κ3) is 0.815. The van der Waals surface area contributed by atoms with Crippen LogP contribution < -0.4 is 0 Å². The van der Waals surface area contributed by atoms with Crippen LogP contribution in [-0.2, 0) is 4.79 Å². The summed E-state index contributed by atoms with van der Waals surface area (Å²) in [7, 11) is 0. The Hall–Kier alpha value is -0.530. The van der Waals surface area contributed by atoms with E-state index in [2.05, 4.69) is 11.8 Å². The summed E-state index contributed by atoms with van der Waals surface area (Å²) >= 11 is 0. The van der Waals surface area contributed by atoms with Gasteiger partial charge in [-0.25, -0.2) is 0 Å². The molecule has 0 bridgehead atoms. The Morgan fingerprint density at radius 3 is 3.00 bits per heavy atom. The maximum atomic E-state index is 11.3. The topological polar surface area (TPSA) is 20.3 Å². The van der Waals surface area contributed by atoms with Gasteiger partial charge in [0.2, 0.25) is 5.91 Å². The van der Waals surface area contributed by atoms with Crippen LogP contribution in [0.3, 0.4) is 0 Å². The first kappa shape index (κ1) is 7.14. The van der Waals surface area contributed by atoms with Crippen LogP contribution in [0.4, 0.5) is 0 Å². The molecule has 0 aromatic rings. The molecule has 2 saturated heterocycles. The number of hydrogen-bond donors (Lipinski definition) is 0. The molecule has 62 valence electrons. The molecule has 0 radical (unpaired) electrons. The van der Waals surface area contributed by atoms with Crippen molar-refractivity contribution in [3.63, 3.8) is 0 Å². The minimum Gasteiger partial charge on any atom is -0.337 e. The van der Waals surface area contributed by atoms with Crippen molar-refractivity contribution in [2.75, 3.05) is 6.54 Å². The lowest BCUT2D eigenvalue weighted by molar-refractivity contribution is -0.129. The number of carbonyl (C=O) groups excluding carboxylic acids is 1. The molecule has 2 aliphatic heterocycles. The minimum atomic E-state index is 0.303. The molecule has 2 nitrogen and oxygen atoms in total. The average Bonchev–Trinajstić information content (AvgIpc) is 2.53. The van der Waals surface area contributed by atoms with Gasteiger partial charge in [-0.15, -0.1) is 0 Å². The highest BCUT2D eigenvalue weighted by Gasteiger charge is 2.46. The molecular weight excluding hydrogens is 138 g/mol. The molecule has 1 unspecified atom stereocenters. The van der Waals surface area contributed by atoms with Crippen LogP contribution in [0.5, 0.6) is 0 Å². The maximum absolute atomic E-state index is 11.3. The first-order chi connectivity index (χ1) is 5.28. The molecule has 1 amide bonds. The Balaban J connectivity index is 2.25. The zero-order chi connectivity index (χ0) is 7.90. The number of amides is 1. The van der Waals surface area contributed by atoms with Gasteiger partial charge >= 0.3 is 0 Å². The Kier molecular flexibility index (Phi) is 1.44. The predicted octanol–water partition coefficient (Wildman–Crippen LogP) is 1.55. The largest absolute Gasteiger partial charge is 0.337 e. The predicted molar refractivity (Wildman–Crippen MR) is 43.2 cm³/mol. The van der Waals surface area contributed by atoms with E-state index in [4.69, 9.17) is 0 Å². The van der Waals surface area contributed by atoms with Crippen molar-refractivity contribution in [1.82, 2.24) is 4.90 Å². The smallest absolute Gasteiger partial charge is 0.223 e. The first-order valence-corrected chi connectivity index (χ1v) is 4.59. The quantitative estimate of drug-likeness (QED) is 0.559. The molecule has 0 N–H and O–H groups in total. The van der Waals surface area contributed by atoms with Gasteiger partial charge in [0, 0.05) is 18.5 Å². The number of hydrogen-bond acceptors (Lipinski definition) is 1. The number of nitrogens with zero attached hydrogens (tertiary/aromatic N) is 1. The van der Waals surface area contributed by atoms with E-state index in [-0.39, 0.29) is 0 Å². The van der Waals surface area contributed by atoms with Crippen molar-refractivity contribution >= 4 is 5.91 Å². The number of rotatable bonds is 1. The van der Waals surface area contributed by atoms with Gasteiger partial charge in [0.15, 0.2) is 0 Å². The van der Waals surface area contributed by atoms with Crippen molar-refractivity contribution in [3.05, 3.63) is 0 Å². The first-order valence-electron chi connectivity index (χ1n) is 4.59. The summed E-state index contributed by atoms with van der Waals surface area (Å²) in [5.74, 6) is 0.393. The molecule has 0 aromatic heterocycles. The van der Waals surface area contributed by atoms with Crippen LogP contribution in [0.2, 0.25) is 0 Å². The number of carbonyl (C=O) groups is 1. The zero-order valence-electron chi connectivity index (χ0n) is 7.10. The lowest BCUT2D eigenvalue weighted by atomic mass is 9.91. The van der Waals surface area contributed by atoms with Crippen molar-refractivity contribution < 1.29 is 4.79 Å². The van der Waals surface area contributed by atoms with E-state index < -0.39 is 0 Å². The summed E-state index contributed by atoms with van der Waals surface area (Å²) in [6, 6.07) is 0. The van der Waals surface area contributed by atoms with Crippen LogP contribution >= 0.6 is 0 Å². The van der Waals surface area contributed by atoms with Crippen molar-refractivity contribution in [3.8, 4) is 0 Å². The van der Waals surface area contributed by atoms with Crippen molar-refractivity contribution in [2.45, 2.75) is 44.6 Å². The van der Waals surface area contributed by atoms with E-state index in [1.807, 2.05) is 0 Å². The van der Waals surface area contributed by atoms with E-state index in [1.165, 1.54) is 12.8 Å². The average molecular weight is 153 g/mol. The fourth-order valence-corrected chi connectivity index (χ4v) is 2.61. The van der Waals surface area contributed by atoms with Crippen LogP contribution in [-0.4, -0.2) is 22.9 Å². The Labute approximate surface area is 67.6 Å². The van der Waals surface area contributed by atoms with Gasteiger partial charge in [0.05, 0.1) is 0 Å². The lowest BCUT2D eigenvalue weighted by Gasteiger charge is -2.30. The molecule has 0 spiro atoms. The van der Waals surface area contributed by atoms with Gasteiger partial charge in [0.25, 0.3) is 0 Å². The van der Waals surface area contributed by atoms with Gasteiger partial charge in [-0.1, -0.05) is 6.92 Å². The van der Waals surface area contributed by atoms with Crippen molar-refractivity contribution in [1.29, 1.82) is 0 Å². The van der Waals surface area contributed by atoms with E-state index in [0.717, 1.165) is 25.8 Å². The molecule has 0 aromatic carbocycles. The second-order valence-electron chi connectivity index (χ2n) is 3.73. The van der Waals surface area contributed by atoms with Gasteiger partial charge in [-0.3, -0.25) is 4.79 Å². The third-order valence-corrected chi connectivity index (χ3v) is 3.36. The van der Waals surface area contributed by atoms with Crippen LogP contribution in [0.25, 0.3) is 0 Å². The van der Waals surface area contributed by atoms with Crippen LogP contribution in [0.15, 0.2) is 0 Å². The molecule has 2 heterocycles. The van der Waals surface area contributed by atoms with E-state index in [9.17, 15) is 4.79 Å². The third-order valence-electron chi connectivity index (χ3n) is 3.36. The molecule has 2 aliphatic rings. The summed E-state index contributed by atoms with van der Waals surface area (Å²) in [5, 5.41) is 0. The number of fused-ring (bicyclic) bond motifs is 1. The monoisotopic (exact) mass is 153 g/mol. The molecule has 2 fully saturated rings. The normalized spacial score (nSPS) is 36.5. The molecule has 0 saturated carbocycles. The highest BCUT2D eigenvalue weighted by Crippen LogP contribution is 2.41. The van der Waals surface area contributed by atoms with Gasteiger partial charge in [-0.05, 0) is 25.7 Å². The van der Waals surface area contributed by atoms with Crippen LogP contribution in [0, 0.1) is 0 Å². The van der Waals surface area contributed by atoms with Gasteiger partial charge < -0.3 is 4.90 Å².